The third kappa shape index (κ3) is 5.06. The lowest BCUT2D eigenvalue weighted by molar-refractivity contribution is -0.117. The van der Waals surface area contributed by atoms with Gasteiger partial charge in [-0.15, -0.1) is 11.8 Å². The second kappa shape index (κ2) is 8.17. The van der Waals surface area contributed by atoms with Gasteiger partial charge in [-0.25, -0.2) is 0 Å². The molecule has 1 unspecified atom stereocenters. The van der Waals surface area contributed by atoms with Gasteiger partial charge in [-0.2, -0.15) is 0 Å². The molecule has 1 aromatic rings. The number of thioether (sulfide) groups is 1. The van der Waals surface area contributed by atoms with Crippen LogP contribution >= 0.6 is 11.8 Å². The molecule has 0 spiro atoms. The fourth-order valence-corrected chi connectivity index (χ4v) is 3.05. The third-order valence-corrected chi connectivity index (χ3v) is 4.33. The first-order valence-corrected chi connectivity index (χ1v) is 8.07. The molecule has 1 saturated carbocycles. The molecule has 20 heavy (non-hydrogen) atoms. The second-order valence-electron chi connectivity index (χ2n) is 5.05. The van der Waals surface area contributed by atoms with E-state index in [1.165, 1.54) is 30.7 Å². The average Bonchev–Trinajstić information content (AvgIpc) is 3.13. The van der Waals surface area contributed by atoms with Gasteiger partial charge in [0.15, 0.2) is 0 Å². The molecule has 1 aliphatic carbocycles. The normalized spacial score (nSPS) is 17.6. The molecule has 2 N–H and O–H groups in total. The fourth-order valence-electron chi connectivity index (χ4n) is 2.41. The van der Waals surface area contributed by atoms with Gasteiger partial charge in [-0.1, -0.05) is 12.8 Å². The number of furan rings is 1. The molecular weight excluding hydrogens is 274 g/mol. The van der Waals surface area contributed by atoms with Crippen LogP contribution in [0, 0.1) is 5.92 Å². The van der Waals surface area contributed by atoms with Crippen molar-refractivity contribution in [2.45, 2.75) is 37.5 Å². The van der Waals surface area contributed by atoms with Gasteiger partial charge in [-0.05, 0) is 36.3 Å². The van der Waals surface area contributed by atoms with Crippen LogP contribution in [0.15, 0.2) is 34.3 Å². The van der Waals surface area contributed by atoms with Gasteiger partial charge in [0.2, 0.25) is 5.91 Å². The predicted molar refractivity (Wildman–Crippen MR) is 80.1 cm³/mol. The van der Waals surface area contributed by atoms with E-state index < -0.39 is 6.10 Å². The van der Waals surface area contributed by atoms with Crippen LogP contribution < -0.4 is 5.32 Å². The smallest absolute Gasteiger partial charge is 0.244 e. The summed E-state index contributed by atoms with van der Waals surface area (Å²) in [7, 11) is 0. The first-order valence-electron chi connectivity index (χ1n) is 7.02. The van der Waals surface area contributed by atoms with Crippen molar-refractivity contribution in [3.63, 3.8) is 0 Å². The highest BCUT2D eigenvalue weighted by Crippen LogP contribution is 2.27. The monoisotopic (exact) mass is 295 g/mol. The zero-order valence-corrected chi connectivity index (χ0v) is 12.3. The molecule has 0 saturated heterocycles. The minimum absolute atomic E-state index is 0.158. The number of hydrogen-bond donors (Lipinski definition) is 2. The molecule has 2 rings (SSSR count). The van der Waals surface area contributed by atoms with Crippen LogP contribution in [0.25, 0.3) is 0 Å². The van der Waals surface area contributed by atoms with Crippen molar-refractivity contribution in [3.8, 4) is 0 Å². The Labute approximate surface area is 123 Å². The minimum Gasteiger partial charge on any atom is -0.468 e. The Kier molecular flexibility index (Phi) is 6.21. The van der Waals surface area contributed by atoms with Crippen LogP contribution in [0.2, 0.25) is 0 Å². The van der Waals surface area contributed by atoms with Gasteiger partial charge in [0.25, 0.3) is 0 Å². The van der Waals surface area contributed by atoms with Crippen molar-refractivity contribution in [2.24, 2.45) is 5.92 Å². The number of amides is 1. The molecule has 0 radical (unpaired) electrons. The fraction of sp³-hybridized carbons (Fsp3) is 0.533. The van der Waals surface area contributed by atoms with Crippen molar-refractivity contribution >= 4 is 17.7 Å². The summed E-state index contributed by atoms with van der Waals surface area (Å²) in [5.41, 5.74) is 0. The molecular formula is C15H21NO3S. The number of carbonyl (C=O) groups excluding carboxylic acids is 1. The van der Waals surface area contributed by atoms with Crippen LogP contribution in [-0.2, 0) is 10.5 Å². The number of rotatable bonds is 7. The summed E-state index contributed by atoms with van der Waals surface area (Å²) in [6.45, 7) is 0.344. The van der Waals surface area contributed by atoms with Gasteiger partial charge in [0.1, 0.15) is 5.76 Å². The van der Waals surface area contributed by atoms with Crippen molar-refractivity contribution in [1.29, 1.82) is 0 Å². The van der Waals surface area contributed by atoms with E-state index >= 15 is 0 Å². The van der Waals surface area contributed by atoms with Gasteiger partial charge < -0.3 is 14.8 Å². The summed E-state index contributed by atoms with van der Waals surface area (Å²) in [5, 5.41) is 14.4. The maximum absolute atomic E-state index is 11.6. The summed E-state index contributed by atoms with van der Waals surface area (Å²) in [6.07, 6.45) is 7.26. The Morgan fingerprint density at radius 2 is 2.35 bits per heavy atom. The van der Waals surface area contributed by atoms with Crippen LogP contribution in [0.1, 0.15) is 31.4 Å². The summed E-state index contributed by atoms with van der Waals surface area (Å²) in [4.78, 5) is 11.6. The van der Waals surface area contributed by atoms with Crippen molar-refractivity contribution in [3.05, 3.63) is 35.6 Å². The lowest BCUT2D eigenvalue weighted by Crippen LogP contribution is -2.34. The van der Waals surface area contributed by atoms with Gasteiger partial charge in [0, 0.05) is 12.6 Å². The van der Waals surface area contributed by atoms with Gasteiger partial charge in [0.05, 0.1) is 18.1 Å². The Hall–Kier alpha value is -1.20. The molecule has 1 aromatic heterocycles. The minimum atomic E-state index is -0.411. The summed E-state index contributed by atoms with van der Waals surface area (Å²) < 4.78 is 5.19. The number of aliphatic hydroxyl groups is 1. The molecule has 5 heteroatoms. The van der Waals surface area contributed by atoms with E-state index in [1.807, 2.05) is 12.1 Å². The molecule has 110 valence electrons. The standard InChI is InChI=1S/C15H21NO3S/c17-14(12-4-1-2-5-12)10-16-15(18)7-9-20-11-13-6-3-8-19-13/h3,6-9,12,14,17H,1-2,4-5,10-11H2,(H,16,18)/b9-7+. The summed E-state index contributed by atoms with van der Waals surface area (Å²) >= 11 is 1.50. The highest BCUT2D eigenvalue weighted by atomic mass is 32.2. The van der Waals surface area contributed by atoms with Gasteiger partial charge >= 0.3 is 0 Å². The zero-order valence-electron chi connectivity index (χ0n) is 11.5. The first-order chi connectivity index (χ1) is 9.75. The highest BCUT2D eigenvalue weighted by molar-refractivity contribution is 8.01. The molecule has 1 amide bonds. The Bertz CT molecular complexity index is 424. The molecule has 1 heterocycles. The lowest BCUT2D eigenvalue weighted by Gasteiger charge is -2.17. The third-order valence-electron chi connectivity index (χ3n) is 3.55. The maximum atomic E-state index is 11.6. The highest BCUT2D eigenvalue weighted by Gasteiger charge is 2.22. The van der Waals surface area contributed by atoms with E-state index in [4.69, 9.17) is 4.42 Å². The summed E-state index contributed by atoms with van der Waals surface area (Å²) in [6, 6.07) is 3.75. The zero-order chi connectivity index (χ0) is 14.2. The van der Waals surface area contributed by atoms with E-state index in [0.717, 1.165) is 18.6 Å². The lowest BCUT2D eigenvalue weighted by atomic mass is 10.0. The maximum Gasteiger partial charge on any atom is 0.244 e. The topological polar surface area (TPSA) is 62.5 Å². The average molecular weight is 295 g/mol. The number of nitrogens with one attached hydrogen (secondary N) is 1. The van der Waals surface area contributed by atoms with Crippen LogP contribution in [0.3, 0.4) is 0 Å². The number of aliphatic hydroxyl groups excluding tert-OH is 1. The van der Waals surface area contributed by atoms with Crippen LogP contribution in [-0.4, -0.2) is 23.7 Å². The molecule has 1 aliphatic rings. The van der Waals surface area contributed by atoms with Crippen LogP contribution in [0.4, 0.5) is 0 Å². The molecule has 4 nitrogen and oxygen atoms in total. The molecule has 1 fully saturated rings. The quantitative estimate of drug-likeness (QED) is 0.759. The van der Waals surface area contributed by atoms with E-state index in [-0.39, 0.29) is 5.91 Å². The predicted octanol–water partition coefficient (Wildman–Crippen LogP) is 2.69. The van der Waals surface area contributed by atoms with E-state index in [9.17, 15) is 9.90 Å². The van der Waals surface area contributed by atoms with Gasteiger partial charge in [-0.3, -0.25) is 4.79 Å². The van der Waals surface area contributed by atoms with E-state index in [0.29, 0.717) is 18.2 Å². The van der Waals surface area contributed by atoms with E-state index in [2.05, 4.69) is 5.32 Å². The number of carbonyl (C=O) groups is 1. The van der Waals surface area contributed by atoms with E-state index in [1.54, 1.807) is 11.7 Å². The van der Waals surface area contributed by atoms with Crippen molar-refractivity contribution in [2.75, 3.05) is 6.54 Å². The van der Waals surface area contributed by atoms with Crippen LogP contribution in [0.5, 0.6) is 0 Å². The molecule has 1 atom stereocenters. The Balaban J connectivity index is 1.59. The van der Waals surface area contributed by atoms with Crippen molar-refractivity contribution < 1.29 is 14.3 Å². The second-order valence-corrected chi connectivity index (χ2v) is 5.94. The Morgan fingerprint density at radius 1 is 1.55 bits per heavy atom. The molecule has 0 aliphatic heterocycles. The largest absolute Gasteiger partial charge is 0.468 e. The SMILES string of the molecule is O=C(/C=C/SCc1ccco1)NCC(O)C1CCCC1. The molecule has 0 bridgehead atoms. The van der Waals surface area contributed by atoms with Crippen molar-refractivity contribution in [1.82, 2.24) is 5.32 Å². The Morgan fingerprint density at radius 3 is 3.05 bits per heavy atom. The molecule has 0 aromatic carbocycles. The number of hydrogen-bond acceptors (Lipinski definition) is 4. The first kappa shape index (κ1) is 15.2. The summed E-state index contributed by atoms with van der Waals surface area (Å²) in [5.74, 6) is 1.79.